The molecule has 0 spiro atoms. The molecule has 4 atom stereocenters. The van der Waals surface area contributed by atoms with Crippen molar-refractivity contribution in [2.45, 2.75) is 52.4 Å². The normalized spacial score (nSPS) is 14.4. The molecule has 0 aliphatic heterocycles. The van der Waals surface area contributed by atoms with E-state index in [1.54, 1.807) is 72.8 Å². The van der Waals surface area contributed by atoms with Gasteiger partial charge in [-0.15, -0.1) is 0 Å². The first-order valence-electron chi connectivity index (χ1n) is 18.8. The lowest BCUT2D eigenvalue weighted by Gasteiger charge is -2.21. The summed E-state index contributed by atoms with van der Waals surface area (Å²) >= 11 is 0. The number of hydrogen-bond donors (Lipinski definition) is 0. The molecule has 0 saturated heterocycles. The average Bonchev–Trinajstić information content (AvgIpc) is 3.20. The van der Waals surface area contributed by atoms with E-state index in [0.717, 1.165) is 11.1 Å². The number of hydrogen-bond acceptors (Lipinski definition) is 8. The predicted octanol–water partition coefficient (Wildman–Crippen LogP) is 13.3. The third kappa shape index (κ3) is 11.7. The van der Waals surface area contributed by atoms with Crippen LogP contribution in [0.2, 0.25) is 0 Å². The quantitative estimate of drug-likeness (QED) is 0.0592. The number of aryl methyl sites for hydroxylation is 2. The SMILES string of the molecule is Cc1cccc(C(C)c2ccc(OP(=O)(OCCCCOP(=O)(Oc3ccccc3)Oc3ccc(C(C)c4cccc(C)c4)cc3)Oc3ccccc3)cc2)c1. The van der Waals surface area contributed by atoms with Gasteiger partial charge in [0.1, 0.15) is 23.0 Å². The first kappa shape index (κ1) is 40.6. The summed E-state index contributed by atoms with van der Waals surface area (Å²) in [6.45, 7) is 8.47. The van der Waals surface area contributed by atoms with Crippen molar-refractivity contribution in [3.05, 3.63) is 191 Å². The zero-order valence-electron chi connectivity index (χ0n) is 32.2. The van der Waals surface area contributed by atoms with E-state index in [2.05, 4.69) is 76.2 Å². The van der Waals surface area contributed by atoms with Crippen molar-refractivity contribution >= 4 is 15.6 Å². The first-order chi connectivity index (χ1) is 27.1. The van der Waals surface area contributed by atoms with Gasteiger partial charge in [0, 0.05) is 11.8 Å². The maximum atomic E-state index is 14.0. The van der Waals surface area contributed by atoms with Crippen LogP contribution in [0, 0.1) is 13.8 Å². The fraction of sp³-hybridized carbons (Fsp3) is 0.217. The molecule has 0 bridgehead atoms. The Hall–Kier alpha value is -5.10. The fourth-order valence-electron chi connectivity index (χ4n) is 6.08. The van der Waals surface area contributed by atoms with Crippen molar-refractivity contribution in [2.24, 2.45) is 0 Å². The van der Waals surface area contributed by atoms with Crippen molar-refractivity contribution in [3.8, 4) is 23.0 Å². The van der Waals surface area contributed by atoms with Crippen LogP contribution < -0.4 is 18.1 Å². The lowest BCUT2D eigenvalue weighted by atomic mass is 9.92. The van der Waals surface area contributed by atoms with Crippen molar-refractivity contribution < 1.29 is 36.3 Å². The summed E-state index contributed by atoms with van der Waals surface area (Å²) in [4.78, 5) is 0. The monoisotopic (exact) mass is 790 g/mol. The van der Waals surface area contributed by atoms with Gasteiger partial charge in [-0.2, -0.15) is 0 Å². The van der Waals surface area contributed by atoms with E-state index in [1.165, 1.54) is 22.3 Å². The van der Waals surface area contributed by atoms with Crippen molar-refractivity contribution in [3.63, 3.8) is 0 Å². The zero-order chi connectivity index (χ0) is 39.4. The largest absolute Gasteiger partial charge is 0.587 e. The van der Waals surface area contributed by atoms with Gasteiger partial charge in [0.15, 0.2) is 0 Å². The van der Waals surface area contributed by atoms with Crippen molar-refractivity contribution in [1.82, 2.24) is 0 Å². The molecular weight excluding hydrogens is 742 g/mol. The van der Waals surface area contributed by atoms with Gasteiger partial charge in [0.05, 0.1) is 13.2 Å². The Morgan fingerprint density at radius 2 is 0.750 bits per heavy atom. The summed E-state index contributed by atoms with van der Waals surface area (Å²) in [6.07, 6.45) is 0.769. The highest BCUT2D eigenvalue weighted by molar-refractivity contribution is 7.49. The topological polar surface area (TPSA) is 89.5 Å². The molecule has 6 aromatic rings. The van der Waals surface area contributed by atoms with Gasteiger partial charge < -0.3 is 18.1 Å². The summed E-state index contributed by atoms with van der Waals surface area (Å²) in [6, 6.07) is 49.2. The highest BCUT2D eigenvalue weighted by atomic mass is 31.2. The molecule has 0 heterocycles. The van der Waals surface area contributed by atoms with E-state index in [-0.39, 0.29) is 25.0 Å². The summed E-state index contributed by atoms with van der Waals surface area (Å²) in [7, 11) is -8.24. The summed E-state index contributed by atoms with van der Waals surface area (Å²) in [5, 5.41) is 0. The van der Waals surface area contributed by atoms with Gasteiger partial charge in [-0.3, -0.25) is 9.05 Å². The van der Waals surface area contributed by atoms with Crippen LogP contribution in [-0.2, 0) is 18.2 Å². The van der Waals surface area contributed by atoms with E-state index in [1.807, 2.05) is 36.4 Å². The minimum Gasteiger partial charge on any atom is -0.395 e. The predicted molar refractivity (Wildman–Crippen MR) is 222 cm³/mol. The van der Waals surface area contributed by atoms with Crippen LogP contribution in [0.15, 0.2) is 158 Å². The maximum Gasteiger partial charge on any atom is 0.587 e. The highest BCUT2D eigenvalue weighted by Crippen LogP contribution is 2.51. The second-order valence-corrected chi connectivity index (χ2v) is 16.7. The Kier molecular flexibility index (Phi) is 13.9. The smallest absolute Gasteiger partial charge is 0.395 e. The average molecular weight is 791 g/mol. The lowest BCUT2D eigenvalue weighted by Crippen LogP contribution is -2.08. The molecule has 0 saturated carbocycles. The molecule has 0 amide bonds. The summed E-state index contributed by atoms with van der Waals surface area (Å²) in [5.41, 5.74) is 6.98. The number of benzene rings is 6. The van der Waals surface area contributed by atoms with Crippen LogP contribution in [0.25, 0.3) is 0 Å². The molecule has 6 aromatic carbocycles. The molecule has 0 fully saturated rings. The van der Waals surface area contributed by atoms with E-state index in [4.69, 9.17) is 27.1 Å². The molecule has 8 nitrogen and oxygen atoms in total. The van der Waals surface area contributed by atoms with Gasteiger partial charge in [0.25, 0.3) is 0 Å². The van der Waals surface area contributed by atoms with Gasteiger partial charge >= 0.3 is 15.6 Å². The third-order valence-corrected chi connectivity index (χ3v) is 12.0. The Morgan fingerprint density at radius 1 is 0.411 bits per heavy atom. The minimum atomic E-state index is -4.12. The van der Waals surface area contributed by atoms with E-state index in [9.17, 15) is 9.13 Å². The first-order valence-corrected chi connectivity index (χ1v) is 21.7. The summed E-state index contributed by atoms with van der Waals surface area (Å²) in [5.74, 6) is 1.71. The Balaban J connectivity index is 1.06. The number of unbranched alkanes of at least 4 members (excludes halogenated alkanes) is 1. The van der Waals surface area contributed by atoms with Gasteiger partial charge in [-0.1, -0.05) is 134 Å². The van der Waals surface area contributed by atoms with Gasteiger partial charge in [-0.05, 0) is 97.5 Å². The van der Waals surface area contributed by atoms with Crippen molar-refractivity contribution in [2.75, 3.05) is 13.2 Å². The van der Waals surface area contributed by atoms with E-state index in [0.29, 0.717) is 35.8 Å². The number of para-hydroxylation sites is 2. The lowest BCUT2D eigenvalue weighted by molar-refractivity contribution is 0.183. The highest BCUT2D eigenvalue weighted by Gasteiger charge is 2.33. The molecule has 0 aliphatic rings. The molecule has 10 heteroatoms. The summed E-state index contributed by atoms with van der Waals surface area (Å²) < 4.78 is 63.1. The molecular formula is C46H48O8P2. The molecule has 290 valence electrons. The second-order valence-electron chi connectivity index (χ2n) is 13.7. The number of rotatable bonds is 19. The van der Waals surface area contributed by atoms with Crippen LogP contribution >= 0.6 is 15.6 Å². The van der Waals surface area contributed by atoms with Crippen LogP contribution in [0.4, 0.5) is 0 Å². The second kappa shape index (κ2) is 19.2. The van der Waals surface area contributed by atoms with Crippen LogP contribution in [-0.4, -0.2) is 13.2 Å². The molecule has 0 N–H and O–H groups in total. The number of phosphoric acid groups is 2. The molecule has 4 unspecified atom stereocenters. The molecule has 0 aromatic heterocycles. The van der Waals surface area contributed by atoms with Gasteiger partial charge in [0.2, 0.25) is 0 Å². The fourth-order valence-corrected chi connectivity index (χ4v) is 8.59. The Labute approximate surface area is 330 Å². The molecule has 6 rings (SSSR count). The molecule has 0 radical (unpaired) electrons. The maximum absolute atomic E-state index is 14.0. The zero-order valence-corrected chi connectivity index (χ0v) is 33.9. The van der Waals surface area contributed by atoms with Crippen LogP contribution in [0.5, 0.6) is 23.0 Å². The van der Waals surface area contributed by atoms with E-state index < -0.39 is 15.6 Å². The molecule has 0 aliphatic carbocycles. The van der Waals surface area contributed by atoms with E-state index >= 15 is 0 Å². The third-order valence-electron chi connectivity index (χ3n) is 9.24. The van der Waals surface area contributed by atoms with Crippen molar-refractivity contribution in [1.29, 1.82) is 0 Å². The van der Waals surface area contributed by atoms with Gasteiger partial charge in [-0.25, -0.2) is 9.13 Å². The Bertz CT molecular complexity index is 2070. The number of phosphoric ester groups is 2. The van der Waals surface area contributed by atoms with Crippen LogP contribution in [0.1, 0.15) is 71.9 Å². The van der Waals surface area contributed by atoms with Crippen LogP contribution in [0.3, 0.4) is 0 Å². The molecule has 56 heavy (non-hydrogen) atoms. The Morgan fingerprint density at radius 3 is 1.09 bits per heavy atom. The minimum absolute atomic E-state index is 0.0151. The standard InChI is InChI=1S/C46H48O8P2/c1-35-15-13-17-41(33-35)37(3)39-23-27-45(28-24-39)53-55(47,51-43-19-7-5-8-20-43)49-31-11-12-32-50-56(48,52-44-21-9-6-10-22-44)54-46-29-25-40(26-30-46)38(4)42-18-14-16-36(2)34-42/h5-10,13-30,33-34,37-38H,11-12,31-32H2,1-4H3.